The lowest BCUT2D eigenvalue weighted by Crippen LogP contribution is -2.32. The molecule has 1 aliphatic heterocycles. The van der Waals surface area contributed by atoms with Crippen molar-refractivity contribution in [3.05, 3.63) is 87.9 Å². The molecule has 2 amide bonds. The van der Waals surface area contributed by atoms with E-state index in [9.17, 15) is 14.9 Å². The number of carbonyl (C=O) groups is 2. The van der Waals surface area contributed by atoms with Gasteiger partial charge < -0.3 is 5.32 Å². The number of benzene rings is 2. The molecule has 1 N–H and O–H groups in total. The minimum absolute atomic E-state index is 0.0974. The molecule has 1 heterocycles. The van der Waals surface area contributed by atoms with Crippen LogP contribution in [0.3, 0.4) is 0 Å². The lowest BCUT2D eigenvalue weighted by molar-refractivity contribution is -0.117. The van der Waals surface area contributed by atoms with Crippen molar-refractivity contribution in [2.75, 3.05) is 11.4 Å². The Morgan fingerprint density at radius 2 is 1.97 bits per heavy atom. The number of hydrogen-bond acceptors (Lipinski definition) is 4. The first-order valence-electron chi connectivity index (χ1n) is 10.2. The molecular formula is C25H24ClN3O2S. The van der Waals surface area contributed by atoms with Crippen molar-refractivity contribution in [3.8, 4) is 6.07 Å². The second kappa shape index (κ2) is 10.5. The third-order valence-electron chi connectivity index (χ3n) is 5.09. The molecule has 0 radical (unpaired) electrons. The van der Waals surface area contributed by atoms with Crippen LogP contribution < -0.4 is 10.2 Å². The van der Waals surface area contributed by atoms with Crippen LogP contribution in [-0.2, 0) is 16.0 Å². The van der Waals surface area contributed by atoms with Crippen molar-refractivity contribution in [3.63, 3.8) is 0 Å². The minimum Gasteiger partial charge on any atom is -0.348 e. The molecule has 0 bridgehead atoms. The van der Waals surface area contributed by atoms with E-state index in [1.807, 2.05) is 48.5 Å². The summed E-state index contributed by atoms with van der Waals surface area (Å²) in [6, 6.07) is 17.0. The maximum atomic E-state index is 13.5. The van der Waals surface area contributed by atoms with Gasteiger partial charge in [-0.2, -0.15) is 5.26 Å². The monoisotopic (exact) mass is 465 g/mol. The van der Waals surface area contributed by atoms with Crippen LogP contribution in [0.25, 0.3) is 0 Å². The molecule has 1 saturated heterocycles. The number of rotatable bonds is 7. The average Bonchev–Trinajstić information content (AvgIpc) is 3.10. The normalized spacial score (nSPS) is 17.3. The third kappa shape index (κ3) is 5.07. The number of hydrogen-bond donors (Lipinski definition) is 1. The molecule has 1 fully saturated rings. The summed E-state index contributed by atoms with van der Waals surface area (Å²) in [5.74, 6) is -0.383. The highest BCUT2D eigenvalue weighted by molar-refractivity contribution is 8.05. The predicted octanol–water partition coefficient (Wildman–Crippen LogP) is 5.19. The smallest absolute Gasteiger partial charge is 0.264 e. The summed E-state index contributed by atoms with van der Waals surface area (Å²) in [6.07, 6.45) is 1.92. The fourth-order valence-electron chi connectivity index (χ4n) is 3.35. The molecule has 32 heavy (non-hydrogen) atoms. The van der Waals surface area contributed by atoms with E-state index in [0.717, 1.165) is 11.1 Å². The van der Waals surface area contributed by atoms with Crippen molar-refractivity contribution in [1.29, 1.82) is 5.26 Å². The lowest BCUT2D eigenvalue weighted by atomic mass is 10.0. The van der Waals surface area contributed by atoms with Gasteiger partial charge in [-0.1, -0.05) is 73.6 Å². The maximum Gasteiger partial charge on any atom is 0.264 e. The Labute approximate surface area is 197 Å². The van der Waals surface area contributed by atoms with E-state index in [2.05, 4.69) is 25.7 Å². The summed E-state index contributed by atoms with van der Waals surface area (Å²) in [7, 11) is 0. The zero-order valence-electron chi connectivity index (χ0n) is 18.0. The van der Waals surface area contributed by atoms with Crippen molar-refractivity contribution >= 4 is 40.9 Å². The zero-order chi connectivity index (χ0) is 23.3. The molecule has 0 saturated carbocycles. The van der Waals surface area contributed by atoms with Gasteiger partial charge in [-0.05, 0) is 41.7 Å². The van der Waals surface area contributed by atoms with Crippen LogP contribution in [0.4, 0.5) is 5.69 Å². The van der Waals surface area contributed by atoms with Crippen molar-refractivity contribution in [2.45, 2.75) is 31.4 Å². The number of thioether (sulfide) groups is 1. The van der Waals surface area contributed by atoms with Gasteiger partial charge in [0.2, 0.25) is 5.91 Å². The second-order valence-corrected chi connectivity index (χ2v) is 9.21. The standard InChI is InChI=1S/C25H24ClN3O2S/c1-4-13-28-23(30)20(15-27)25-29(19-11-9-17(10-12-19)16(2)3)24(31)22(32-25)14-18-7-5-6-8-21(18)26/h4-12,16,22H,1,13-14H2,2-3H3,(H,28,30)/b25-20-. The SMILES string of the molecule is C=CCNC(=O)/C(C#N)=C1\SC(Cc2ccccc2Cl)C(=O)N1c1ccc(C(C)C)cc1. The van der Waals surface area contributed by atoms with E-state index in [-0.39, 0.29) is 18.0 Å². The van der Waals surface area contributed by atoms with Crippen molar-refractivity contribution in [2.24, 2.45) is 0 Å². The summed E-state index contributed by atoms with van der Waals surface area (Å²) in [5, 5.41) is 12.8. The van der Waals surface area contributed by atoms with Gasteiger partial charge in [-0.3, -0.25) is 14.5 Å². The maximum absolute atomic E-state index is 13.5. The number of amides is 2. The summed E-state index contributed by atoms with van der Waals surface area (Å²) in [4.78, 5) is 27.6. The first kappa shape index (κ1) is 23.6. The molecule has 0 aliphatic carbocycles. The molecule has 2 aromatic carbocycles. The van der Waals surface area contributed by atoms with Crippen LogP contribution in [0, 0.1) is 11.3 Å². The molecule has 3 rings (SSSR count). The second-order valence-electron chi connectivity index (χ2n) is 7.61. The van der Waals surface area contributed by atoms with Gasteiger partial charge in [-0.15, -0.1) is 6.58 Å². The Kier molecular flexibility index (Phi) is 7.79. The molecule has 5 nitrogen and oxygen atoms in total. The first-order valence-corrected chi connectivity index (χ1v) is 11.5. The number of halogens is 1. The van der Waals surface area contributed by atoms with Gasteiger partial charge >= 0.3 is 0 Å². The van der Waals surface area contributed by atoms with Crippen molar-refractivity contribution in [1.82, 2.24) is 5.32 Å². The lowest BCUT2D eigenvalue weighted by Gasteiger charge is -2.19. The highest BCUT2D eigenvalue weighted by Gasteiger charge is 2.41. The third-order valence-corrected chi connectivity index (χ3v) is 6.73. The number of anilines is 1. The van der Waals surface area contributed by atoms with E-state index in [0.29, 0.717) is 28.1 Å². The molecule has 0 spiro atoms. The Morgan fingerprint density at radius 3 is 2.56 bits per heavy atom. The van der Waals surface area contributed by atoms with Gasteiger partial charge in [0.25, 0.3) is 5.91 Å². The number of nitriles is 1. The van der Waals surface area contributed by atoms with E-state index in [4.69, 9.17) is 11.6 Å². The van der Waals surface area contributed by atoms with E-state index >= 15 is 0 Å². The van der Waals surface area contributed by atoms with E-state index < -0.39 is 11.2 Å². The average molecular weight is 466 g/mol. The molecule has 1 unspecified atom stereocenters. The van der Waals surface area contributed by atoms with Gasteiger partial charge in [0, 0.05) is 17.3 Å². The van der Waals surface area contributed by atoms with E-state index in [1.54, 1.807) is 6.07 Å². The molecule has 1 aliphatic rings. The van der Waals surface area contributed by atoms with Crippen LogP contribution in [0.2, 0.25) is 5.02 Å². The van der Waals surface area contributed by atoms with Gasteiger partial charge in [0.15, 0.2) is 0 Å². The quantitative estimate of drug-likeness (QED) is 0.347. The van der Waals surface area contributed by atoms with E-state index in [1.165, 1.54) is 22.7 Å². The van der Waals surface area contributed by atoms with Crippen LogP contribution in [0.1, 0.15) is 30.9 Å². The Bertz CT molecular complexity index is 1100. The Morgan fingerprint density at radius 1 is 1.28 bits per heavy atom. The van der Waals surface area contributed by atoms with Crippen LogP contribution in [0.15, 0.2) is 71.8 Å². The van der Waals surface area contributed by atoms with Crippen LogP contribution in [0.5, 0.6) is 0 Å². The highest BCUT2D eigenvalue weighted by Crippen LogP contribution is 2.42. The topological polar surface area (TPSA) is 73.2 Å². The number of carbonyl (C=O) groups excluding carboxylic acids is 2. The van der Waals surface area contributed by atoms with Crippen molar-refractivity contribution < 1.29 is 9.59 Å². The number of nitrogens with one attached hydrogen (secondary N) is 1. The largest absolute Gasteiger partial charge is 0.348 e. The Balaban J connectivity index is 2.04. The summed E-state index contributed by atoms with van der Waals surface area (Å²) >= 11 is 7.53. The van der Waals surface area contributed by atoms with Crippen LogP contribution >= 0.6 is 23.4 Å². The van der Waals surface area contributed by atoms with Crippen LogP contribution in [-0.4, -0.2) is 23.6 Å². The molecule has 7 heteroatoms. The Hall–Kier alpha value is -3.01. The molecule has 164 valence electrons. The minimum atomic E-state index is -0.537. The molecular weight excluding hydrogens is 442 g/mol. The number of nitrogens with zero attached hydrogens (tertiary/aromatic N) is 2. The molecule has 0 aromatic heterocycles. The summed E-state index contributed by atoms with van der Waals surface area (Å²) in [6.45, 7) is 7.99. The van der Waals surface area contributed by atoms with Gasteiger partial charge in [0.05, 0.1) is 5.25 Å². The fourth-order valence-corrected chi connectivity index (χ4v) is 4.86. The van der Waals surface area contributed by atoms with Gasteiger partial charge in [0.1, 0.15) is 16.7 Å². The zero-order valence-corrected chi connectivity index (χ0v) is 19.5. The fraction of sp³-hybridized carbons (Fsp3) is 0.240. The summed E-state index contributed by atoms with van der Waals surface area (Å²) in [5.41, 5.74) is 2.49. The first-order chi connectivity index (χ1) is 15.4. The van der Waals surface area contributed by atoms with Gasteiger partial charge in [-0.25, -0.2) is 0 Å². The highest BCUT2D eigenvalue weighted by atomic mass is 35.5. The molecule has 2 aromatic rings. The molecule has 1 atom stereocenters. The predicted molar refractivity (Wildman–Crippen MR) is 130 cm³/mol. The summed E-state index contributed by atoms with van der Waals surface area (Å²) < 4.78 is 0.